The monoisotopic (exact) mass is 309 g/mol. The van der Waals surface area contributed by atoms with Crippen LogP contribution in [0.5, 0.6) is 0 Å². The summed E-state index contributed by atoms with van der Waals surface area (Å²) in [4.78, 5) is 12.8. The topological polar surface area (TPSA) is 44.4 Å². The first-order chi connectivity index (χ1) is 11.3. The van der Waals surface area contributed by atoms with Gasteiger partial charge in [0.2, 0.25) is 0 Å². The van der Waals surface area contributed by atoms with Gasteiger partial charge < -0.3 is 0 Å². The van der Waals surface area contributed by atoms with Crippen LogP contribution in [0.2, 0.25) is 0 Å². The van der Waals surface area contributed by atoms with Gasteiger partial charge in [-0.05, 0) is 30.5 Å². The van der Waals surface area contributed by atoms with E-state index in [-0.39, 0.29) is 18.1 Å². The Balaban J connectivity index is 1.73. The molecule has 2 aromatic rings. The van der Waals surface area contributed by atoms with Crippen LogP contribution < -0.4 is 10.7 Å². The Hall–Kier alpha value is -2.33. The number of hydrogen-bond acceptors (Lipinski definition) is 3. The van der Waals surface area contributed by atoms with Crippen LogP contribution in [0.3, 0.4) is 0 Å². The first kappa shape index (κ1) is 15.6. The molecule has 1 heterocycles. The smallest absolute Gasteiger partial charge is 0.259 e. The molecule has 1 aliphatic heterocycles. The summed E-state index contributed by atoms with van der Waals surface area (Å²) in [6.07, 6.45) is 2.70. The molecule has 2 N–H and O–H groups in total. The maximum Gasteiger partial charge on any atom is 0.259 e. The van der Waals surface area contributed by atoms with Gasteiger partial charge in [-0.1, -0.05) is 61.9 Å². The first-order valence-electron chi connectivity index (χ1n) is 8.22. The number of benzene rings is 2. The van der Waals surface area contributed by atoms with Gasteiger partial charge >= 0.3 is 0 Å². The van der Waals surface area contributed by atoms with E-state index in [4.69, 9.17) is 0 Å². The Kier molecular flexibility index (Phi) is 4.93. The second kappa shape index (κ2) is 7.29. The lowest BCUT2D eigenvalue weighted by Gasteiger charge is -2.25. The van der Waals surface area contributed by atoms with E-state index in [1.165, 1.54) is 5.56 Å². The zero-order chi connectivity index (χ0) is 16.1. The molecule has 120 valence electrons. The predicted octanol–water partition coefficient (Wildman–Crippen LogP) is 3.18. The highest BCUT2D eigenvalue weighted by atomic mass is 16.2. The molecule has 2 atom stereocenters. The highest BCUT2D eigenvalue weighted by Crippen LogP contribution is 2.20. The summed E-state index contributed by atoms with van der Waals surface area (Å²) in [6, 6.07) is 19.8. The lowest BCUT2D eigenvalue weighted by molar-refractivity contribution is -0.128. The molecule has 0 spiro atoms. The van der Waals surface area contributed by atoms with Gasteiger partial charge in [0.15, 0.2) is 0 Å². The molecule has 0 bridgehead atoms. The number of hydrogen-bond donors (Lipinski definition) is 2. The van der Waals surface area contributed by atoms with Crippen molar-refractivity contribution in [1.82, 2.24) is 10.3 Å². The average Bonchev–Trinajstić information content (AvgIpc) is 2.86. The molecule has 0 saturated carbocycles. The molecule has 3 rings (SSSR count). The third-order valence-corrected chi connectivity index (χ3v) is 4.11. The van der Waals surface area contributed by atoms with E-state index in [1.807, 2.05) is 48.5 Å². The number of nitrogens with one attached hydrogen (secondary N) is 2. The van der Waals surface area contributed by atoms with Crippen LogP contribution >= 0.6 is 0 Å². The van der Waals surface area contributed by atoms with Crippen molar-refractivity contribution in [1.29, 1.82) is 0 Å². The molecule has 1 fully saturated rings. The lowest BCUT2D eigenvalue weighted by atomic mass is 10.1. The summed E-state index contributed by atoms with van der Waals surface area (Å²) in [7, 11) is 0. The van der Waals surface area contributed by atoms with Gasteiger partial charge in [-0.2, -0.15) is 0 Å². The van der Waals surface area contributed by atoms with E-state index in [0.29, 0.717) is 6.42 Å². The minimum Gasteiger partial charge on any atom is -0.295 e. The molecule has 4 heteroatoms. The van der Waals surface area contributed by atoms with E-state index in [0.717, 1.165) is 18.5 Å². The van der Waals surface area contributed by atoms with Crippen molar-refractivity contribution in [2.45, 2.75) is 38.4 Å². The Bertz CT molecular complexity index is 630. The molecule has 2 aromatic carbocycles. The summed E-state index contributed by atoms with van der Waals surface area (Å²) < 4.78 is 0. The van der Waals surface area contributed by atoms with Gasteiger partial charge in [-0.15, -0.1) is 0 Å². The second-order valence-corrected chi connectivity index (χ2v) is 5.90. The van der Waals surface area contributed by atoms with Crippen molar-refractivity contribution in [3.8, 4) is 0 Å². The summed E-state index contributed by atoms with van der Waals surface area (Å²) >= 11 is 0. The van der Waals surface area contributed by atoms with Gasteiger partial charge in [0.05, 0.1) is 11.7 Å². The Morgan fingerprint density at radius 1 is 1.04 bits per heavy atom. The van der Waals surface area contributed by atoms with Crippen LogP contribution in [0.25, 0.3) is 0 Å². The van der Waals surface area contributed by atoms with Crippen molar-refractivity contribution in [3.05, 3.63) is 66.2 Å². The molecule has 0 radical (unpaired) electrons. The van der Waals surface area contributed by atoms with Crippen molar-refractivity contribution in [3.63, 3.8) is 0 Å². The summed E-state index contributed by atoms with van der Waals surface area (Å²) in [5.41, 5.74) is 5.37. The fourth-order valence-corrected chi connectivity index (χ4v) is 2.97. The standard InChI is InChI=1S/C19H23N3O/c1-2-9-18-20-17(14-15-10-5-3-6-11-15)19(23)22(18)21-16-12-7-4-8-13-16/h3-8,10-13,17-18,20-21H,2,9,14H2,1H3/t17-,18?/m0/s1. The van der Waals surface area contributed by atoms with Crippen LogP contribution in [0, 0.1) is 0 Å². The van der Waals surface area contributed by atoms with Crippen LogP contribution in [-0.4, -0.2) is 23.1 Å². The number of amides is 1. The van der Waals surface area contributed by atoms with Gasteiger partial charge in [0, 0.05) is 0 Å². The average molecular weight is 309 g/mol. The number of para-hydroxylation sites is 1. The molecule has 0 aliphatic carbocycles. The molecular formula is C19H23N3O. The van der Waals surface area contributed by atoms with Gasteiger partial charge in [0.25, 0.3) is 5.91 Å². The van der Waals surface area contributed by atoms with E-state index in [9.17, 15) is 4.79 Å². The normalized spacial score (nSPS) is 20.7. The largest absolute Gasteiger partial charge is 0.295 e. The van der Waals surface area contributed by atoms with E-state index in [1.54, 1.807) is 5.01 Å². The molecule has 0 aromatic heterocycles. The Morgan fingerprint density at radius 3 is 2.35 bits per heavy atom. The van der Waals surface area contributed by atoms with Gasteiger partial charge in [-0.3, -0.25) is 15.5 Å². The molecule has 4 nitrogen and oxygen atoms in total. The van der Waals surface area contributed by atoms with Gasteiger partial charge in [-0.25, -0.2) is 5.01 Å². The van der Waals surface area contributed by atoms with E-state index in [2.05, 4.69) is 29.8 Å². The number of carbonyl (C=O) groups excluding carboxylic acids is 1. The number of rotatable bonds is 6. The zero-order valence-electron chi connectivity index (χ0n) is 13.4. The number of carbonyl (C=O) groups is 1. The minimum absolute atomic E-state index is 0.0291. The van der Waals surface area contributed by atoms with Crippen molar-refractivity contribution < 1.29 is 4.79 Å². The highest BCUT2D eigenvalue weighted by Gasteiger charge is 2.38. The summed E-state index contributed by atoms with van der Waals surface area (Å²) in [5.74, 6) is 0.108. The van der Waals surface area contributed by atoms with Crippen LogP contribution in [-0.2, 0) is 11.2 Å². The van der Waals surface area contributed by atoms with Gasteiger partial charge in [0.1, 0.15) is 6.17 Å². The Morgan fingerprint density at radius 2 is 1.70 bits per heavy atom. The van der Waals surface area contributed by atoms with Crippen molar-refractivity contribution in [2.75, 3.05) is 5.43 Å². The fraction of sp³-hybridized carbons (Fsp3) is 0.316. The maximum atomic E-state index is 12.8. The Labute approximate surface area is 137 Å². The third-order valence-electron chi connectivity index (χ3n) is 4.11. The van der Waals surface area contributed by atoms with Crippen LogP contribution in [0.15, 0.2) is 60.7 Å². The van der Waals surface area contributed by atoms with Crippen molar-refractivity contribution in [2.24, 2.45) is 0 Å². The zero-order valence-corrected chi connectivity index (χ0v) is 13.4. The summed E-state index contributed by atoms with van der Waals surface area (Å²) in [6.45, 7) is 2.14. The van der Waals surface area contributed by atoms with Crippen LogP contribution in [0.4, 0.5) is 5.69 Å². The molecule has 23 heavy (non-hydrogen) atoms. The first-order valence-corrected chi connectivity index (χ1v) is 8.22. The molecule has 1 amide bonds. The number of anilines is 1. The molecule has 1 saturated heterocycles. The SMILES string of the molecule is CCCC1N[C@@H](Cc2ccccc2)C(=O)N1Nc1ccccc1. The summed E-state index contributed by atoms with van der Waals surface area (Å²) in [5, 5.41) is 5.23. The number of hydrazine groups is 1. The van der Waals surface area contributed by atoms with Crippen LogP contribution in [0.1, 0.15) is 25.3 Å². The van der Waals surface area contributed by atoms with Crippen molar-refractivity contribution >= 4 is 11.6 Å². The molecule has 1 aliphatic rings. The van der Waals surface area contributed by atoms with E-state index < -0.39 is 0 Å². The lowest BCUT2D eigenvalue weighted by Crippen LogP contribution is -2.41. The molecular weight excluding hydrogens is 286 g/mol. The fourth-order valence-electron chi connectivity index (χ4n) is 2.97. The number of nitrogens with zero attached hydrogens (tertiary/aromatic N) is 1. The van der Waals surface area contributed by atoms with E-state index >= 15 is 0 Å². The minimum atomic E-state index is -0.176. The quantitative estimate of drug-likeness (QED) is 0.861. The highest BCUT2D eigenvalue weighted by molar-refractivity contribution is 5.85. The molecule has 1 unspecified atom stereocenters. The maximum absolute atomic E-state index is 12.8. The predicted molar refractivity (Wildman–Crippen MR) is 92.7 cm³/mol. The third kappa shape index (κ3) is 3.71. The second-order valence-electron chi connectivity index (χ2n) is 5.90.